The summed E-state index contributed by atoms with van der Waals surface area (Å²) in [7, 11) is 0. The van der Waals surface area contributed by atoms with Gasteiger partial charge < -0.3 is 16.0 Å². The lowest BCUT2D eigenvalue weighted by Gasteiger charge is -2.27. The summed E-state index contributed by atoms with van der Waals surface area (Å²) in [6, 6.07) is 5.84. The van der Waals surface area contributed by atoms with Crippen molar-refractivity contribution in [2.75, 3.05) is 23.7 Å². The molecule has 2 aliphatic rings. The Balaban J connectivity index is 1.83. The van der Waals surface area contributed by atoms with Crippen LogP contribution < -0.4 is 16.0 Å². The van der Waals surface area contributed by atoms with Gasteiger partial charge in [-0.3, -0.25) is 4.79 Å². The van der Waals surface area contributed by atoms with E-state index in [-0.39, 0.29) is 11.4 Å². The molecule has 1 aromatic rings. The molecule has 1 saturated carbocycles. The number of fused-ring (bicyclic) bond motifs is 1. The van der Waals surface area contributed by atoms with E-state index in [1.807, 2.05) is 18.2 Å². The van der Waals surface area contributed by atoms with Crippen molar-refractivity contribution in [2.45, 2.75) is 38.1 Å². The molecule has 1 aliphatic carbocycles. The zero-order valence-electron chi connectivity index (χ0n) is 11.4. The van der Waals surface area contributed by atoms with E-state index in [0.29, 0.717) is 0 Å². The summed E-state index contributed by atoms with van der Waals surface area (Å²) in [5, 5.41) is 9.86. The molecular formula is C15H21N3O. The second kappa shape index (κ2) is 4.76. The smallest absolute Gasteiger partial charge is 0.253 e. The number of rotatable bonds is 2. The molecule has 1 amide bonds. The van der Waals surface area contributed by atoms with Crippen molar-refractivity contribution in [1.29, 1.82) is 0 Å². The van der Waals surface area contributed by atoms with E-state index in [2.05, 4.69) is 22.9 Å². The van der Waals surface area contributed by atoms with Crippen LogP contribution in [0.1, 0.15) is 43.0 Å². The fraction of sp³-hybridized carbons (Fsp3) is 0.533. The second-order valence-corrected chi connectivity index (χ2v) is 5.80. The van der Waals surface area contributed by atoms with Crippen LogP contribution in [0.3, 0.4) is 0 Å². The number of benzene rings is 1. The Morgan fingerprint density at radius 2 is 1.95 bits per heavy atom. The molecule has 1 heterocycles. The summed E-state index contributed by atoms with van der Waals surface area (Å²) in [4.78, 5) is 12.5. The van der Waals surface area contributed by atoms with Crippen LogP contribution in [-0.4, -0.2) is 24.5 Å². The molecule has 1 fully saturated rings. The number of anilines is 2. The maximum atomic E-state index is 12.5. The van der Waals surface area contributed by atoms with E-state index in [9.17, 15) is 4.79 Å². The molecule has 1 aliphatic heterocycles. The molecule has 4 nitrogen and oxygen atoms in total. The Labute approximate surface area is 114 Å². The van der Waals surface area contributed by atoms with Gasteiger partial charge in [0.05, 0.1) is 16.9 Å². The van der Waals surface area contributed by atoms with Gasteiger partial charge in [-0.1, -0.05) is 18.9 Å². The molecule has 0 atom stereocenters. The van der Waals surface area contributed by atoms with Crippen LogP contribution >= 0.6 is 0 Å². The van der Waals surface area contributed by atoms with E-state index in [1.165, 1.54) is 12.8 Å². The van der Waals surface area contributed by atoms with Crippen LogP contribution in [0.4, 0.5) is 11.4 Å². The number of carbonyl (C=O) groups is 1. The summed E-state index contributed by atoms with van der Waals surface area (Å²) < 4.78 is 0. The predicted octanol–water partition coefficient (Wildman–Crippen LogP) is 2.59. The largest absolute Gasteiger partial charge is 0.382 e. The predicted molar refractivity (Wildman–Crippen MR) is 77.8 cm³/mol. The van der Waals surface area contributed by atoms with Crippen molar-refractivity contribution in [2.24, 2.45) is 0 Å². The third kappa shape index (κ3) is 2.39. The van der Waals surface area contributed by atoms with E-state index in [1.54, 1.807) is 0 Å². The number of nitrogens with one attached hydrogen (secondary N) is 3. The number of hydrogen-bond donors (Lipinski definition) is 3. The lowest BCUT2D eigenvalue weighted by atomic mass is 9.99. The fourth-order valence-corrected chi connectivity index (χ4v) is 3.09. The van der Waals surface area contributed by atoms with Gasteiger partial charge in [-0.25, -0.2) is 0 Å². The van der Waals surface area contributed by atoms with Gasteiger partial charge in [0.1, 0.15) is 0 Å². The Bertz CT molecular complexity index is 492. The van der Waals surface area contributed by atoms with Crippen LogP contribution in [0.15, 0.2) is 18.2 Å². The Morgan fingerprint density at radius 1 is 1.21 bits per heavy atom. The topological polar surface area (TPSA) is 53.2 Å². The Hall–Kier alpha value is -1.71. The minimum absolute atomic E-state index is 0.0259. The molecular weight excluding hydrogens is 238 g/mol. The maximum Gasteiger partial charge on any atom is 0.253 e. The first kappa shape index (κ1) is 12.3. The average Bonchev–Trinajstić information content (AvgIpc) is 2.84. The van der Waals surface area contributed by atoms with Gasteiger partial charge in [0, 0.05) is 18.6 Å². The zero-order valence-corrected chi connectivity index (χ0v) is 11.4. The maximum absolute atomic E-state index is 12.5. The van der Waals surface area contributed by atoms with Gasteiger partial charge in [-0.15, -0.1) is 0 Å². The van der Waals surface area contributed by atoms with Gasteiger partial charge in [-0.05, 0) is 31.9 Å². The third-order valence-corrected chi connectivity index (χ3v) is 4.17. The molecule has 102 valence electrons. The van der Waals surface area contributed by atoms with Gasteiger partial charge in [0.25, 0.3) is 5.91 Å². The molecule has 0 unspecified atom stereocenters. The number of carbonyl (C=O) groups excluding carboxylic acids is 1. The molecule has 1 aromatic carbocycles. The highest BCUT2D eigenvalue weighted by Gasteiger charge is 2.31. The van der Waals surface area contributed by atoms with Crippen LogP contribution in [-0.2, 0) is 0 Å². The van der Waals surface area contributed by atoms with Gasteiger partial charge in [0.15, 0.2) is 0 Å². The van der Waals surface area contributed by atoms with Crippen LogP contribution in [0.25, 0.3) is 0 Å². The SMILES string of the molecule is CC1(NC(=O)c2cccc3c2NCCN3)CCCC1. The van der Waals surface area contributed by atoms with Crippen LogP contribution in [0.2, 0.25) is 0 Å². The minimum atomic E-state index is -0.0259. The first-order valence-electron chi connectivity index (χ1n) is 7.11. The summed E-state index contributed by atoms with van der Waals surface area (Å²) in [5.74, 6) is 0.0393. The lowest BCUT2D eigenvalue weighted by molar-refractivity contribution is 0.0909. The molecule has 0 saturated heterocycles. The number of amides is 1. The standard InChI is InChI=1S/C15H21N3O/c1-15(7-2-3-8-15)18-14(19)11-5-4-6-12-13(11)17-10-9-16-12/h4-6,16-17H,2-3,7-10H2,1H3,(H,18,19). The van der Waals surface area contributed by atoms with E-state index < -0.39 is 0 Å². The van der Waals surface area contributed by atoms with Gasteiger partial charge in [0.2, 0.25) is 0 Å². The van der Waals surface area contributed by atoms with Crippen molar-refractivity contribution in [3.8, 4) is 0 Å². The van der Waals surface area contributed by atoms with Crippen molar-refractivity contribution < 1.29 is 4.79 Å². The molecule has 0 aromatic heterocycles. The quantitative estimate of drug-likeness (QED) is 0.765. The van der Waals surface area contributed by atoms with Crippen molar-refractivity contribution in [3.63, 3.8) is 0 Å². The number of hydrogen-bond acceptors (Lipinski definition) is 3. The van der Waals surface area contributed by atoms with E-state index in [4.69, 9.17) is 0 Å². The second-order valence-electron chi connectivity index (χ2n) is 5.80. The van der Waals surface area contributed by atoms with Crippen molar-refractivity contribution >= 4 is 17.3 Å². The summed E-state index contributed by atoms with van der Waals surface area (Å²) in [5.41, 5.74) is 2.68. The summed E-state index contributed by atoms with van der Waals surface area (Å²) in [6.07, 6.45) is 4.59. The highest BCUT2D eigenvalue weighted by Crippen LogP contribution is 2.32. The summed E-state index contributed by atoms with van der Waals surface area (Å²) >= 11 is 0. The zero-order chi connectivity index (χ0) is 13.3. The first-order valence-corrected chi connectivity index (χ1v) is 7.11. The molecule has 0 radical (unpaired) electrons. The fourth-order valence-electron chi connectivity index (χ4n) is 3.09. The average molecular weight is 259 g/mol. The molecule has 0 bridgehead atoms. The Kier molecular flexibility index (Phi) is 3.09. The number of para-hydroxylation sites is 1. The van der Waals surface area contributed by atoms with Gasteiger partial charge >= 0.3 is 0 Å². The normalized spacial score (nSPS) is 20.1. The first-order chi connectivity index (χ1) is 9.18. The Morgan fingerprint density at radius 3 is 2.74 bits per heavy atom. The monoisotopic (exact) mass is 259 g/mol. The molecule has 19 heavy (non-hydrogen) atoms. The minimum Gasteiger partial charge on any atom is -0.382 e. The highest BCUT2D eigenvalue weighted by molar-refractivity contribution is 6.03. The third-order valence-electron chi connectivity index (χ3n) is 4.17. The lowest BCUT2D eigenvalue weighted by Crippen LogP contribution is -2.44. The van der Waals surface area contributed by atoms with Crippen LogP contribution in [0.5, 0.6) is 0 Å². The van der Waals surface area contributed by atoms with Crippen molar-refractivity contribution in [1.82, 2.24) is 5.32 Å². The van der Waals surface area contributed by atoms with Gasteiger partial charge in [-0.2, -0.15) is 0 Å². The van der Waals surface area contributed by atoms with Crippen LogP contribution in [0, 0.1) is 0 Å². The summed E-state index contributed by atoms with van der Waals surface area (Å²) in [6.45, 7) is 3.91. The molecule has 4 heteroatoms. The highest BCUT2D eigenvalue weighted by atomic mass is 16.1. The van der Waals surface area contributed by atoms with E-state index in [0.717, 1.165) is 42.9 Å². The molecule has 0 spiro atoms. The molecule has 3 rings (SSSR count). The van der Waals surface area contributed by atoms with Crippen molar-refractivity contribution in [3.05, 3.63) is 23.8 Å². The van der Waals surface area contributed by atoms with E-state index >= 15 is 0 Å². The molecule has 3 N–H and O–H groups in total.